The van der Waals surface area contributed by atoms with Crippen molar-refractivity contribution in [3.05, 3.63) is 12.3 Å². The molecule has 0 aromatic heterocycles. The summed E-state index contributed by atoms with van der Waals surface area (Å²) in [4.78, 5) is 9.56. The summed E-state index contributed by atoms with van der Waals surface area (Å²) in [6, 6.07) is 0. The highest BCUT2D eigenvalue weighted by molar-refractivity contribution is 5.38. The summed E-state index contributed by atoms with van der Waals surface area (Å²) >= 11 is 0. The van der Waals surface area contributed by atoms with Crippen LogP contribution in [0.3, 0.4) is 0 Å². The molecule has 0 bridgehead atoms. The summed E-state index contributed by atoms with van der Waals surface area (Å²) in [6.45, 7) is 2.54. The SMILES string of the molecule is CCCCC=COC=O. The first-order valence-corrected chi connectivity index (χ1v) is 3.16. The van der Waals surface area contributed by atoms with Crippen LogP contribution < -0.4 is 0 Å². The maximum Gasteiger partial charge on any atom is 0.297 e. The lowest BCUT2D eigenvalue weighted by atomic mass is 10.2. The fourth-order valence-electron chi connectivity index (χ4n) is 0.478. The second-order valence-corrected chi connectivity index (χ2v) is 1.75. The van der Waals surface area contributed by atoms with Crippen molar-refractivity contribution >= 4 is 6.47 Å². The fraction of sp³-hybridized carbons (Fsp3) is 0.571. The zero-order chi connectivity index (χ0) is 6.95. The molecule has 0 radical (unpaired) electrons. The van der Waals surface area contributed by atoms with Gasteiger partial charge in [-0.25, -0.2) is 0 Å². The monoisotopic (exact) mass is 128 g/mol. The van der Waals surface area contributed by atoms with Gasteiger partial charge in [-0.05, 0) is 18.9 Å². The Morgan fingerprint density at radius 2 is 2.33 bits per heavy atom. The number of carbonyl (C=O) groups excluding carboxylic acids is 1. The maximum atomic E-state index is 9.56. The average molecular weight is 128 g/mol. The van der Waals surface area contributed by atoms with Gasteiger partial charge in [-0.1, -0.05) is 13.3 Å². The maximum absolute atomic E-state index is 9.56. The van der Waals surface area contributed by atoms with E-state index in [9.17, 15) is 4.79 Å². The number of rotatable bonds is 5. The quantitative estimate of drug-likeness (QED) is 0.321. The molecule has 0 aromatic rings. The highest BCUT2D eigenvalue weighted by atomic mass is 16.5. The second kappa shape index (κ2) is 7.21. The Hall–Kier alpha value is -0.790. The first-order valence-electron chi connectivity index (χ1n) is 3.16. The van der Waals surface area contributed by atoms with Crippen LogP contribution in [0.5, 0.6) is 0 Å². The van der Waals surface area contributed by atoms with Gasteiger partial charge in [0.15, 0.2) is 0 Å². The smallest absolute Gasteiger partial charge is 0.297 e. The topological polar surface area (TPSA) is 26.3 Å². The van der Waals surface area contributed by atoms with Crippen LogP contribution in [0, 0.1) is 0 Å². The predicted octanol–water partition coefficient (Wildman–Crippen LogP) is 1.86. The Morgan fingerprint density at radius 1 is 1.56 bits per heavy atom. The third-order valence-corrected chi connectivity index (χ3v) is 0.955. The van der Waals surface area contributed by atoms with E-state index in [2.05, 4.69) is 11.7 Å². The van der Waals surface area contributed by atoms with Gasteiger partial charge in [0, 0.05) is 0 Å². The Morgan fingerprint density at radius 3 is 2.89 bits per heavy atom. The van der Waals surface area contributed by atoms with Gasteiger partial charge < -0.3 is 4.74 Å². The molecule has 0 aliphatic carbocycles. The normalized spacial score (nSPS) is 9.89. The molecule has 0 atom stereocenters. The molecule has 0 saturated heterocycles. The van der Waals surface area contributed by atoms with Gasteiger partial charge in [0.2, 0.25) is 0 Å². The van der Waals surface area contributed by atoms with Crippen LogP contribution in [-0.4, -0.2) is 6.47 Å². The Kier molecular flexibility index (Phi) is 6.58. The number of allylic oxidation sites excluding steroid dienone is 1. The fourth-order valence-corrected chi connectivity index (χ4v) is 0.478. The second-order valence-electron chi connectivity index (χ2n) is 1.75. The lowest BCUT2D eigenvalue weighted by Crippen LogP contribution is -1.72. The lowest BCUT2D eigenvalue weighted by molar-refractivity contribution is -0.123. The molecule has 0 aliphatic rings. The largest absolute Gasteiger partial charge is 0.437 e. The van der Waals surface area contributed by atoms with E-state index in [1.54, 1.807) is 0 Å². The van der Waals surface area contributed by atoms with E-state index in [0.717, 1.165) is 12.8 Å². The van der Waals surface area contributed by atoms with Crippen LogP contribution in [0.25, 0.3) is 0 Å². The molecule has 0 fully saturated rings. The minimum Gasteiger partial charge on any atom is -0.437 e. The van der Waals surface area contributed by atoms with Gasteiger partial charge in [-0.3, -0.25) is 4.79 Å². The van der Waals surface area contributed by atoms with E-state index in [0.29, 0.717) is 6.47 Å². The lowest BCUT2D eigenvalue weighted by Gasteiger charge is -1.86. The number of ether oxygens (including phenoxy) is 1. The Balaban J connectivity index is 2.94. The summed E-state index contributed by atoms with van der Waals surface area (Å²) in [7, 11) is 0. The highest BCUT2D eigenvalue weighted by Gasteiger charge is 1.76. The third kappa shape index (κ3) is 7.21. The van der Waals surface area contributed by atoms with E-state index in [-0.39, 0.29) is 0 Å². The van der Waals surface area contributed by atoms with E-state index < -0.39 is 0 Å². The van der Waals surface area contributed by atoms with Crippen molar-refractivity contribution in [2.24, 2.45) is 0 Å². The number of hydrogen-bond donors (Lipinski definition) is 0. The molecule has 0 rings (SSSR count). The first kappa shape index (κ1) is 8.21. The van der Waals surface area contributed by atoms with Crippen molar-refractivity contribution in [2.75, 3.05) is 0 Å². The molecule has 2 heteroatoms. The van der Waals surface area contributed by atoms with Gasteiger partial charge in [-0.15, -0.1) is 0 Å². The van der Waals surface area contributed by atoms with Crippen molar-refractivity contribution < 1.29 is 9.53 Å². The summed E-state index contributed by atoms with van der Waals surface area (Å²) in [5.74, 6) is 0. The van der Waals surface area contributed by atoms with E-state index in [4.69, 9.17) is 0 Å². The van der Waals surface area contributed by atoms with Crippen LogP contribution in [-0.2, 0) is 9.53 Å². The zero-order valence-electron chi connectivity index (χ0n) is 5.67. The van der Waals surface area contributed by atoms with Crippen LogP contribution in [0.2, 0.25) is 0 Å². The molecule has 2 nitrogen and oxygen atoms in total. The molecule has 9 heavy (non-hydrogen) atoms. The van der Waals surface area contributed by atoms with Gasteiger partial charge in [0.25, 0.3) is 6.47 Å². The molecule has 52 valence electrons. The number of carbonyl (C=O) groups is 1. The molecule has 0 aliphatic heterocycles. The van der Waals surface area contributed by atoms with Crippen molar-refractivity contribution in [3.63, 3.8) is 0 Å². The van der Waals surface area contributed by atoms with Crippen LogP contribution >= 0.6 is 0 Å². The standard InChI is InChI=1S/C7H12O2/c1-2-3-4-5-6-9-7-8/h5-7H,2-4H2,1H3. The summed E-state index contributed by atoms with van der Waals surface area (Å²) in [5.41, 5.74) is 0. The number of unbranched alkanes of at least 4 members (excludes halogenated alkanes) is 2. The molecule has 0 spiro atoms. The minimum atomic E-state index is 0.419. The van der Waals surface area contributed by atoms with E-state index >= 15 is 0 Å². The predicted molar refractivity (Wildman–Crippen MR) is 35.8 cm³/mol. The van der Waals surface area contributed by atoms with Gasteiger partial charge in [-0.2, -0.15) is 0 Å². The first-order chi connectivity index (χ1) is 4.41. The Labute approximate surface area is 55.5 Å². The molecular formula is C7H12O2. The highest BCUT2D eigenvalue weighted by Crippen LogP contribution is 1.93. The van der Waals surface area contributed by atoms with Crippen LogP contribution in [0.4, 0.5) is 0 Å². The van der Waals surface area contributed by atoms with Crippen molar-refractivity contribution in [2.45, 2.75) is 26.2 Å². The zero-order valence-corrected chi connectivity index (χ0v) is 5.67. The van der Waals surface area contributed by atoms with E-state index in [1.807, 2.05) is 6.08 Å². The molecule has 0 amide bonds. The molecule has 0 aromatic carbocycles. The van der Waals surface area contributed by atoms with Gasteiger partial charge >= 0.3 is 0 Å². The minimum absolute atomic E-state index is 0.419. The molecule has 0 saturated carbocycles. The van der Waals surface area contributed by atoms with Gasteiger partial charge in [0.1, 0.15) is 0 Å². The summed E-state index contributed by atoms with van der Waals surface area (Å²) in [6.07, 6.45) is 6.58. The number of hydrogen-bond acceptors (Lipinski definition) is 2. The summed E-state index contributed by atoms with van der Waals surface area (Å²) in [5, 5.41) is 0. The van der Waals surface area contributed by atoms with Gasteiger partial charge in [0.05, 0.1) is 6.26 Å². The Bertz CT molecular complexity index is 86.9. The van der Waals surface area contributed by atoms with Crippen molar-refractivity contribution in [1.82, 2.24) is 0 Å². The van der Waals surface area contributed by atoms with Crippen molar-refractivity contribution in [1.29, 1.82) is 0 Å². The van der Waals surface area contributed by atoms with E-state index in [1.165, 1.54) is 12.7 Å². The van der Waals surface area contributed by atoms with Crippen LogP contribution in [0.1, 0.15) is 26.2 Å². The third-order valence-electron chi connectivity index (χ3n) is 0.955. The molecule has 0 unspecified atom stereocenters. The van der Waals surface area contributed by atoms with Crippen LogP contribution in [0.15, 0.2) is 12.3 Å². The average Bonchev–Trinajstić information content (AvgIpc) is 1.89. The van der Waals surface area contributed by atoms with Crippen molar-refractivity contribution in [3.8, 4) is 0 Å². The molecule has 0 heterocycles. The molecule has 0 N–H and O–H groups in total. The molecular weight excluding hydrogens is 116 g/mol. The summed E-state index contributed by atoms with van der Waals surface area (Å²) < 4.78 is 4.32.